The predicted octanol–water partition coefficient (Wildman–Crippen LogP) is 3.14. The van der Waals surface area contributed by atoms with Crippen LogP contribution < -0.4 is 5.73 Å². The van der Waals surface area contributed by atoms with Crippen LogP contribution in [0.1, 0.15) is 26.3 Å². The minimum absolute atomic E-state index is 0.312. The molecule has 0 spiro atoms. The zero-order chi connectivity index (χ0) is 13.2. The second-order valence-corrected chi connectivity index (χ2v) is 6.06. The smallest absolute Gasteiger partial charge is 0.201 e. The lowest BCUT2D eigenvalue weighted by molar-refractivity contribution is 0.553. The summed E-state index contributed by atoms with van der Waals surface area (Å²) in [7, 11) is 0. The Hall–Kier alpha value is -2.10. The van der Waals surface area contributed by atoms with Crippen molar-refractivity contribution in [3.05, 3.63) is 30.5 Å². The molecule has 1 fully saturated rings. The molecule has 2 aromatic heterocycles. The number of nitrogens with zero attached hydrogens (tertiary/aromatic N) is 3. The highest BCUT2D eigenvalue weighted by Gasteiger charge is 2.48. The third-order valence-electron chi connectivity index (χ3n) is 4.22. The molecule has 2 N–H and O–H groups in total. The summed E-state index contributed by atoms with van der Waals surface area (Å²) in [5.74, 6) is 0.601. The summed E-state index contributed by atoms with van der Waals surface area (Å²) < 4.78 is 2.19. The van der Waals surface area contributed by atoms with Gasteiger partial charge in [-0.3, -0.25) is 4.98 Å². The number of benzene rings is 1. The average Bonchev–Trinajstić information content (AvgIpc) is 2.86. The van der Waals surface area contributed by atoms with E-state index in [-0.39, 0.29) is 0 Å². The second-order valence-electron chi connectivity index (χ2n) is 6.06. The van der Waals surface area contributed by atoms with E-state index < -0.39 is 0 Å². The monoisotopic (exact) mass is 252 g/mol. The topological polar surface area (TPSA) is 56.7 Å². The van der Waals surface area contributed by atoms with Gasteiger partial charge in [-0.05, 0) is 17.9 Å². The lowest BCUT2D eigenvalue weighted by Gasteiger charge is -2.09. The molecular formula is C15H16N4. The number of para-hydroxylation sites is 1. The van der Waals surface area contributed by atoms with Gasteiger partial charge in [-0.2, -0.15) is 0 Å². The van der Waals surface area contributed by atoms with E-state index in [9.17, 15) is 0 Å². The quantitative estimate of drug-likeness (QED) is 0.723. The fourth-order valence-electron chi connectivity index (χ4n) is 2.94. The minimum Gasteiger partial charge on any atom is -0.369 e. The molecule has 19 heavy (non-hydrogen) atoms. The van der Waals surface area contributed by atoms with Gasteiger partial charge in [0.1, 0.15) is 5.52 Å². The summed E-state index contributed by atoms with van der Waals surface area (Å²) in [5, 5.41) is 1.13. The Labute approximate surface area is 111 Å². The number of nitrogens with two attached hydrogens (primary N) is 1. The predicted molar refractivity (Wildman–Crippen MR) is 76.9 cm³/mol. The van der Waals surface area contributed by atoms with Crippen LogP contribution in [0.4, 0.5) is 5.95 Å². The highest BCUT2D eigenvalue weighted by Crippen LogP contribution is 2.57. The maximum atomic E-state index is 6.13. The van der Waals surface area contributed by atoms with Gasteiger partial charge in [0.05, 0.1) is 17.2 Å². The van der Waals surface area contributed by atoms with E-state index >= 15 is 0 Å². The molecular weight excluding hydrogens is 236 g/mol. The van der Waals surface area contributed by atoms with E-state index in [1.165, 1.54) is 0 Å². The number of hydrogen-bond acceptors (Lipinski definition) is 3. The minimum atomic E-state index is 0.312. The van der Waals surface area contributed by atoms with Gasteiger partial charge in [0.25, 0.3) is 0 Å². The molecule has 0 bridgehead atoms. The fourth-order valence-corrected chi connectivity index (χ4v) is 2.94. The summed E-state index contributed by atoms with van der Waals surface area (Å²) in [6.07, 6.45) is 2.97. The van der Waals surface area contributed by atoms with Gasteiger partial charge in [-0.15, -0.1) is 0 Å². The van der Waals surface area contributed by atoms with Crippen LogP contribution in [0.2, 0.25) is 0 Å². The Morgan fingerprint density at radius 3 is 2.74 bits per heavy atom. The number of anilines is 1. The van der Waals surface area contributed by atoms with Gasteiger partial charge in [-0.1, -0.05) is 32.0 Å². The van der Waals surface area contributed by atoms with Crippen molar-refractivity contribution < 1.29 is 0 Å². The Morgan fingerprint density at radius 1 is 1.26 bits per heavy atom. The lowest BCUT2D eigenvalue weighted by Crippen LogP contribution is -2.05. The van der Waals surface area contributed by atoms with Crippen LogP contribution in [0.3, 0.4) is 0 Å². The Kier molecular flexibility index (Phi) is 1.85. The van der Waals surface area contributed by atoms with Crippen LogP contribution in [0.15, 0.2) is 30.5 Å². The number of fused-ring (bicyclic) bond motifs is 3. The SMILES string of the molecule is CC1(C)CC1n1c(N)nc2cnc3ccccc3c21. The van der Waals surface area contributed by atoms with Crippen molar-refractivity contribution in [3.8, 4) is 0 Å². The molecule has 2 heterocycles. The van der Waals surface area contributed by atoms with Crippen LogP contribution in [0.5, 0.6) is 0 Å². The van der Waals surface area contributed by atoms with Crippen molar-refractivity contribution in [2.45, 2.75) is 26.3 Å². The first-order valence-corrected chi connectivity index (χ1v) is 6.59. The van der Waals surface area contributed by atoms with Crippen LogP contribution in [0, 0.1) is 5.41 Å². The standard InChI is InChI=1S/C15H16N4/c1-15(2)7-12(15)19-13-9-5-3-4-6-10(9)17-8-11(13)18-14(19)16/h3-6,8,12H,7H2,1-2H3,(H2,16,18). The lowest BCUT2D eigenvalue weighted by atomic mass is 10.1. The molecule has 0 aliphatic heterocycles. The molecule has 1 atom stereocenters. The van der Waals surface area contributed by atoms with E-state index in [0.29, 0.717) is 17.4 Å². The number of imidazole rings is 1. The molecule has 1 saturated carbocycles. The largest absolute Gasteiger partial charge is 0.369 e. The molecule has 4 nitrogen and oxygen atoms in total. The van der Waals surface area contributed by atoms with E-state index in [0.717, 1.165) is 28.4 Å². The van der Waals surface area contributed by atoms with Crippen LogP contribution in [-0.2, 0) is 0 Å². The first-order chi connectivity index (χ1) is 9.08. The molecule has 1 aromatic carbocycles. The number of nitrogen functional groups attached to an aromatic ring is 1. The summed E-state index contributed by atoms with van der Waals surface area (Å²) in [6, 6.07) is 8.61. The van der Waals surface area contributed by atoms with Crippen LogP contribution >= 0.6 is 0 Å². The molecule has 4 rings (SSSR count). The van der Waals surface area contributed by atoms with E-state index in [2.05, 4.69) is 34.4 Å². The van der Waals surface area contributed by atoms with Crippen molar-refractivity contribution in [1.29, 1.82) is 0 Å². The van der Waals surface area contributed by atoms with E-state index in [1.54, 1.807) is 0 Å². The van der Waals surface area contributed by atoms with Gasteiger partial charge in [0.2, 0.25) is 5.95 Å². The van der Waals surface area contributed by atoms with E-state index in [1.807, 2.05) is 24.4 Å². The van der Waals surface area contributed by atoms with Crippen LogP contribution in [-0.4, -0.2) is 14.5 Å². The summed E-state index contributed by atoms with van der Waals surface area (Å²) in [6.45, 7) is 4.54. The highest BCUT2D eigenvalue weighted by atomic mass is 15.2. The Morgan fingerprint density at radius 2 is 2.00 bits per heavy atom. The molecule has 1 aliphatic carbocycles. The van der Waals surface area contributed by atoms with Crippen molar-refractivity contribution >= 4 is 27.9 Å². The molecule has 0 amide bonds. The van der Waals surface area contributed by atoms with Crippen LogP contribution in [0.25, 0.3) is 21.9 Å². The number of aromatic nitrogens is 3. The van der Waals surface area contributed by atoms with Gasteiger partial charge in [0.15, 0.2) is 0 Å². The first kappa shape index (κ1) is 10.8. The third kappa shape index (κ3) is 1.40. The summed E-state index contributed by atoms with van der Waals surface area (Å²) >= 11 is 0. The van der Waals surface area contributed by atoms with Crippen molar-refractivity contribution in [1.82, 2.24) is 14.5 Å². The third-order valence-corrected chi connectivity index (χ3v) is 4.22. The van der Waals surface area contributed by atoms with E-state index in [4.69, 9.17) is 5.73 Å². The molecule has 0 radical (unpaired) electrons. The molecule has 0 saturated heterocycles. The molecule has 96 valence electrons. The fraction of sp³-hybridized carbons (Fsp3) is 0.333. The summed E-state index contributed by atoms with van der Waals surface area (Å²) in [5.41, 5.74) is 9.45. The molecule has 4 heteroatoms. The van der Waals surface area contributed by atoms with Gasteiger partial charge < -0.3 is 10.3 Å². The zero-order valence-corrected chi connectivity index (χ0v) is 11.1. The highest BCUT2D eigenvalue weighted by molar-refractivity contribution is 6.03. The first-order valence-electron chi connectivity index (χ1n) is 6.59. The molecule has 3 aromatic rings. The van der Waals surface area contributed by atoms with Gasteiger partial charge >= 0.3 is 0 Å². The van der Waals surface area contributed by atoms with Crippen molar-refractivity contribution in [2.24, 2.45) is 5.41 Å². The normalized spacial score (nSPS) is 21.1. The molecule has 1 unspecified atom stereocenters. The Balaban J connectivity index is 2.12. The van der Waals surface area contributed by atoms with Gasteiger partial charge in [0, 0.05) is 11.4 Å². The number of pyridine rings is 1. The second kappa shape index (κ2) is 3.26. The summed E-state index contributed by atoms with van der Waals surface area (Å²) in [4.78, 5) is 8.92. The van der Waals surface area contributed by atoms with Crippen molar-refractivity contribution in [3.63, 3.8) is 0 Å². The van der Waals surface area contributed by atoms with Crippen molar-refractivity contribution in [2.75, 3.05) is 5.73 Å². The number of rotatable bonds is 1. The number of hydrogen-bond donors (Lipinski definition) is 1. The maximum absolute atomic E-state index is 6.13. The average molecular weight is 252 g/mol. The van der Waals surface area contributed by atoms with Gasteiger partial charge in [-0.25, -0.2) is 4.98 Å². The maximum Gasteiger partial charge on any atom is 0.201 e. The Bertz CT molecular complexity index is 800. The molecule has 1 aliphatic rings. The zero-order valence-electron chi connectivity index (χ0n) is 11.1.